The number of rotatable bonds is 3. The summed E-state index contributed by atoms with van der Waals surface area (Å²) in [6.07, 6.45) is 1.69. The summed E-state index contributed by atoms with van der Waals surface area (Å²) in [5.41, 5.74) is 1.33. The number of hydrogen-bond acceptors (Lipinski definition) is 2. The summed E-state index contributed by atoms with van der Waals surface area (Å²) in [4.78, 5) is 8.50. The average molecular weight is 302 g/mol. The van der Waals surface area contributed by atoms with Gasteiger partial charge in [0.1, 0.15) is 16.1 Å². The van der Waals surface area contributed by atoms with E-state index >= 15 is 0 Å². The fraction of sp³-hybridized carbons (Fsp3) is 0.231. The van der Waals surface area contributed by atoms with Crippen molar-refractivity contribution in [2.24, 2.45) is 0 Å². The predicted octanol–water partition coefficient (Wildman–Crippen LogP) is 5.06. The van der Waals surface area contributed by atoms with Gasteiger partial charge in [-0.05, 0) is 12.5 Å². The van der Waals surface area contributed by atoms with Crippen molar-refractivity contribution in [3.8, 4) is 11.1 Å². The van der Waals surface area contributed by atoms with Gasteiger partial charge in [0, 0.05) is 17.0 Å². The maximum atomic E-state index is 6.18. The Morgan fingerprint density at radius 3 is 2.17 bits per heavy atom. The van der Waals surface area contributed by atoms with Crippen LogP contribution in [0.25, 0.3) is 11.1 Å². The minimum absolute atomic E-state index is 0.339. The maximum Gasteiger partial charge on any atom is 0.142 e. The van der Waals surface area contributed by atoms with Crippen LogP contribution in [0.1, 0.15) is 19.2 Å². The van der Waals surface area contributed by atoms with Crippen LogP contribution >= 0.6 is 34.8 Å². The molecule has 0 saturated carbocycles. The van der Waals surface area contributed by atoms with E-state index in [2.05, 4.69) is 9.97 Å². The molecule has 0 atom stereocenters. The van der Waals surface area contributed by atoms with Crippen LogP contribution in [0.2, 0.25) is 15.3 Å². The van der Waals surface area contributed by atoms with E-state index in [1.165, 1.54) is 0 Å². The van der Waals surface area contributed by atoms with Gasteiger partial charge >= 0.3 is 0 Å². The maximum absolute atomic E-state index is 6.18. The number of aryl methyl sites for hydroxylation is 1. The van der Waals surface area contributed by atoms with Crippen LogP contribution in [0.15, 0.2) is 24.3 Å². The molecule has 0 radical (unpaired) electrons. The first-order valence-electron chi connectivity index (χ1n) is 5.60. The molecule has 94 valence electrons. The van der Waals surface area contributed by atoms with Gasteiger partial charge in [-0.1, -0.05) is 59.9 Å². The molecule has 2 nitrogen and oxygen atoms in total. The lowest BCUT2D eigenvalue weighted by Crippen LogP contribution is -1.98. The molecule has 1 heterocycles. The van der Waals surface area contributed by atoms with E-state index < -0.39 is 0 Å². The summed E-state index contributed by atoms with van der Waals surface area (Å²) in [5, 5.41) is 1.26. The van der Waals surface area contributed by atoms with Gasteiger partial charge in [-0.3, -0.25) is 0 Å². The first kappa shape index (κ1) is 13.6. The van der Waals surface area contributed by atoms with Gasteiger partial charge in [-0.2, -0.15) is 0 Å². The first-order valence-corrected chi connectivity index (χ1v) is 6.73. The van der Waals surface area contributed by atoms with Gasteiger partial charge < -0.3 is 0 Å². The van der Waals surface area contributed by atoms with Gasteiger partial charge in [0.15, 0.2) is 0 Å². The number of nitrogens with zero attached hydrogens (tertiary/aromatic N) is 2. The molecule has 0 spiro atoms. The fourth-order valence-electron chi connectivity index (χ4n) is 1.67. The molecule has 2 rings (SSSR count). The summed E-state index contributed by atoms with van der Waals surface area (Å²) in [7, 11) is 0. The van der Waals surface area contributed by atoms with Crippen LogP contribution in [-0.2, 0) is 6.42 Å². The molecule has 2 aromatic rings. The predicted molar refractivity (Wildman–Crippen MR) is 76.5 cm³/mol. The Kier molecular flexibility index (Phi) is 4.44. The Morgan fingerprint density at radius 1 is 1.00 bits per heavy atom. The molecule has 0 saturated heterocycles. The highest BCUT2D eigenvalue weighted by Gasteiger charge is 2.15. The van der Waals surface area contributed by atoms with Crippen molar-refractivity contribution in [3.05, 3.63) is 45.4 Å². The highest BCUT2D eigenvalue weighted by molar-refractivity contribution is 6.40. The van der Waals surface area contributed by atoms with E-state index in [0.29, 0.717) is 26.7 Å². The molecular formula is C13H11Cl3N2. The molecule has 18 heavy (non-hydrogen) atoms. The fourth-order valence-corrected chi connectivity index (χ4v) is 2.53. The van der Waals surface area contributed by atoms with Crippen molar-refractivity contribution in [1.29, 1.82) is 0 Å². The minimum Gasteiger partial charge on any atom is -0.220 e. The van der Waals surface area contributed by atoms with Crippen LogP contribution in [0, 0.1) is 0 Å². The normalized spacial score (nSPS) is 10.7. The van der Waals surface area contributed by atoms with Crippen LogP contribution in [0.4, 0.5) is 0 Å². The lowest BCUT2D eigenvalue weighted by atomic mass is 10.1. The largest absolute Gasteiger partial charge is 0.220 e. The molecule has 0 amide bonds. The van der Waals surface area contributed by atoms with Gasteiger partial charge in [0.2, 0.25) is 0 Å². The molecular weight excluding hydrogens is 291 g/mol. The van der Waals surface area contributed by atoms with E-state index in [1.807, 2.05) is 25.1 Å². The molecule has 5 heteroatoms. The first-order chi connectivity index (χ1) is 8.63. The Labute approximate surface area is 121 Å². The molecule has 1 aromatic carbocycles. The van der Waals surface area contributed by atoms with Crippen molar-refractivity contribution < 1.29 is 0 Å². The smallest absolute Gasteiger partial charge is 0.142 e. The molecule has 0 bridgehead atoms. The Bertz CT molecular complexity index is 547. The highest BCUT2D eigenvalue weighted by Crippen LogP contribution is 2.36. The van der Waals surface area contributed by atoms with Crippen LogP contribution in [-0.4, -0.2) is 9.97 Å². The molecule has 0 aliphatic heterocycles. The summed E-state index contributed by atoms with van der Waals surface area (Å²) >= 11 is 18.5. The quantitative estimate of drug-likeness (QED) is 0.741. The van der Waals surface area contributed by atoms with Gasteiger partial charge in [0.05, 0.1) is 5.56 Å². The molecule has 0 N–H and O–H groups in total. The molecule has 0 aliphatic rings. The zero-order chi connectivity index (χ0) is 13.1. The summed E-state index contributed by atoms with van der Waals surface area (Å²) < 4.78 is 0. The number of halogens is 3. The van der Waals surface area contributed by atoms with Crippen LogP contribution < -0.4 is 0 Å². The second-order valence-electron chi connectivity index (χ2n) is 3.83. The zero-order valence-electron chi connectivity index (χ0n) is 9.75. The van der Waals surface area contributed by atoms with Crippen molar-refractivity contribution in [2.75, 3.05) is 0 Å². The second kappa shape index (κ2) is 5.87. The summed E-state index contributed by atoms with van der Waals surface area (Å²) in [5.74, 6) is 0.656. The van der Waals surface area contributed by atoms with Crippen LogP contribution in [0.3, 0.4) is 0 Å². The number of hydrogen-bond donors (Lipinski definition) is 0. The molecule has 1 aromatic heterocycles. The molecule has 0 aliphatic carbocycles. The third-order valence-electron chi connectivity index (χ3n) is 2.48. The SMILES string of the molecule is CCCc1nc(Cl)c(-c2ccccc2Cl)c(Cl)n1. The van der Waals surface area contributed by atoms with Crippen molar-refractivity contribution in [3.63, 3.8) is 0 Å². The van der Waals surface area contributed by atoms with Gasteiger partial charge in [-0.15, -0.1) is 0 Å². The van der Waals surface area contributed by atoms with Gasteiger partial charge in [-0.25, -0.2) is 9.97 Å². The van der Waals surface area contributed by atoms with E-state index in [9.17, 15) is 0 Å². The Hall–Kier alpha value is -0.830. The number of aromatic nitrogens is 2. The van der Waals surface area contributed by atoms with E-state index in [4.69, 9.17) is 34.8 Å². The van der Waals surface area contributed by atoms with Crippen molar-refractivity contribution >= 4 is 34.8 Å². The monoisotopic (exact) mass is 300 g/mol. The van der Waals surface area contributed by atoms with E-state index in [1.54, 1.807) is 6.07 Å². The van der Waals surface area contributed by atoms with E-state index in [-0.39, 0.29) is 0 Å². The standard InChI is InChI=1S/C13H11Cl3N2/c1-2-5-10-17-12(15)11(13(16)18-10)8-6-3-4-7-9(8)14/h3-4,6-7H,2,5H2,1H3. The van der Waals surface area contributed by atoms with Crippen molar-refractivity contribution in [1.82, 2.24) is 9.97 Å². The molecule has 0 unspecified atom stereocenters. The third-order valence-corrected chi connectivity index (χ3v) is 3.36. The Balaban J connectivity index is 2.56. The average Bonchev–Trinajstić information content (AvgIpc) is 2.31. The van der Waals surface area contributed by atoms with Crippen LogP contribution in [0.5, 0.6) is 0 Å². The third kappa shape index (κ3) is 2.77. The van der Waals surface area contributed by atoms with Crippen molar-refractivity contribution in [2.45, 2.75) is 19.8 Å². The number of benzene rings is 1. The summed E-state index contributed by atoms with van der Waals surface area (Å²) in [6, 6.07) is 7.34. The zero-order valence-corrected chi connectivity index (χ0v) is 12.0. The molecule has 0 fully saturated rings. The lowest BCUT2D eigenvalue weighted by Gasteiger charge is -2.09. The lowest BCUT2D eigenvalue weighted by molar-refractivity contribution is 0.835. The van der Waals surface area contributed by atoms with Gasteiger partial charge in [0.25, 0.3) is 0 Å². The highest BCUT2D eigenvalue weighted by atomic mass is 35.5. The second-order valence-corrected chi connectivity index (χ2v) is 4.95. The Morgan fingerprint density at radius 2 is 1.61 bits per heavy atom. The summed E-state index contributed by atoms with van der Waals surface area (Å²) in [6.45, 7) is 2.05. The topological polar surface area (TPSA) is 25.8 Å². The minimum atomic E-state index is 0.339. The van der Waals surface area contributed by atoms with E-state index in [0.717, 1.165) is 18.4 Å².